The van der Waals surface area contributed by atoms with Crippen LogP contribution >= 0.6 is 11.6 Å². The predicted octanol–water partition coefficient (Wildman–Crippen LogP) is 4.86. The van der Waals surface area contributed by atoms with E-state index in [2.05, 4.69) is 47.8 Å². The fraction of sp³-hybridized carbons (Fsp3) is 0.368. The fourth-order valence-corrected chi connectivity index (χ4v) is 4.00. The van der Waals surface area contributed by atoms with Gasteiger partial charge in [-0.3, -0.25) is 0 Å². The summed E-state index contributed by atoms with van der Waals surface area (Å²) in [5.74, 6) is 0.679. The van der Waals surface area contributed by atoms with Gasteiger partial charge in [0, 0.05) is 17.1 Å². The van der Waals surface area contributed by atoms with E-state index in [0.29, 0.717) is 18.0 Å². The average Bonchev–Trinajstić information content (AvgIpc) is 2.85. The first kappa shape index (κ1) is 13.4. The predicted molar refractivity (Wildman–Crippen MR) is 87.9 cm³/mol. The molecule has 1 saturated carbocycles. The molecular weight excluding hydrogens is 278 g/mol. The molecule has 1 N–H and O–H groups in total. The molecule has 2 aliphatic carbocycles. The van der Waals surface area contributed by atoms with Gasteiger partial charge in [0.1, 0.15) is 0 Å². The van der Waals surface area contributed by atoms with Gasteiger partial charge in [-0.15, -0.1) is 0 Å². The van der Waals surface area contributed by atoms with Crippen LogP contribution in [0.25, 0.3) is 0 Å². The highest BCUT2D eigenvalue weighted by Crippen LogP contribution is 2.40. The highest BCUT2D eigenvalue weighted by Gasteiger charge is 2.33. The van der Waals surface area contributed by atoms with Crippen LogP contribution < -0.4 is 5.32 Å². The molecule has 0 amide bonds. The van der Waals surface area contributed by atoms with Gasteiger partial charge < -0.3 is 5.32 Å². The highest BCUT2D eigenvalue weighted by atomic mass is 35.5. The lowest BCUT2D eigenvalue weighted by Crippen LogP contribution is -2.41. The summed E-state index contributed by atoms with van der Waals surface area (Å²) >= 11 is 6.08. The minimum Gasteiger partial charge on any atom is -0.307 e. The number of rotatable bonds is 3. The molecule has 2 aromatic rings. The molecular formula is C19H20ClN. The van der Waals surface area contributed by atoms with E-state index in [4.69, 9.17) is 11.6 Å². The minimum atomic E-state index is 0.562. The fourth-order valence-electron chi connectivity index (χ4n) is 3.80. The van der Waals surface area contributed by atoms with E-state index in [0.717, 1.165) is 5.02 Å². The van der Waals surface area contributed by atoms with Crippen LogP contribution in [0.15, 0.2) is 48.5 Å². The quantitative estimate of drug-likeness (QED) is 0.853. The molecule has 2 aromatic carbocycles. The summed E-state index contributed by atoms with van der Waals surface area (Å²) in [6.45, 7) is 0. The molecule has 0 saturated heterocycles. The van der Waals surface area contributed by atoms with Gasteiger partial charge in [0.05, 0.1) is 0 Å². The van der Waals surface area contributed by atoms with Crippen LogP contribution in [-0.2, 0) is 6.42 Å². The monoisotopic (exact) mass is 297 g/mol. The van der Waals surface area contributed by atoms with E-state index in [1.807, 2.05) is 6.07 Å². The van der Waals surface area contributed by atoms with E-state index < -0.39 is 0 Å². The van der Waals surface area contributed by atoms with E-state index in [1.165, 1.54) is 42.4 Å². The second kappa shape index (κ2) is 5.47. The lowest BCUT2D eigenvalue weighted by Gasteiger charge is -2.38. The molecule has 2 aliphatic rings. The van der Waals surface area contributed by atoms with Crippen LogP contribution in [0.4, 0.5) is 0 Å². The maximum absolute atomic E-state index is 6.08. The van der Waals surface area contributed by atoms with Gasteiger partial charge in [-0.2, -0.15) is 0 Å². The molecule has 0 bridgehead atoms. The Balaban J connectivity index is 1.37. The number of aryl methyl sites for hydroxylation is 1. The summed E-state index contributed by atoms with van der Waals surface area (Å²) in [6.07, 6.45) is 4.94. The number of hydrogen-bond donors (Lipinski definition) is 1. The highest BCUT2D eigenvalue weighted by molar-refractivity contribution is 6.30. The number of nitrogens with one attached hydrogen (secondary N) is 1. The van der Waals surface area contributed by atoms with Crippen LogP contribution in [0.1, 0.15) is 47.9 Å². The van der Waals surface area contributed by atoms with Crippen molar-refractivity contribution in [1.82, 2.24) is 5.32 Å². The summed E-state index contributed by atoms with van der Waals surface area (Å²) in [5, 5.41) is 4.71. The third kappa shape index (κ3) is 2.61. The number of halogens is 1. The van der Waals surface area contributed by atoms with Crippen LogP contribution in [0.3, 0.4) is 0 Å². The smallest absolute Gasteiger partial charge is 0.0408 e. The lowest BCUT2D eigenvalue weighted by atomic mass is 9.75. The number of fused-ring (bicyclic) bond motifs is 1. The Bertz CT molecular complexity index is 646. The zero-order valence-corrected chi connectivity index (χ0v) is 12.8. The normalized spacial score (nSPS) is 27.2. The summed E-state index contributed by atoms with van der Waals surface area (Å²) in [5.41, 5.74) is 4.44. The molecule has 4 rings (SSSR count). The van der Waals surface area contributed by atoms with Crippen molar-refractivity contribution in [3.63, 3.8) is 0 Å². The van der Waals surface area contributed by atoms with E-state index >= 15 is 0 Å². The second-order valence-corrected chi connectivity index (χ2v) is 6.81. The van der Waals surface area contributed by atoms with Crippen molar-refractivity contribution in [1.29, 1.82) is 0 Å². The van der Waals surface area contributed by atoms with Crippen molar-refractivity contribution < 1.29 is 0 Å². The Kier molecular flexibility index (Phi) is 3.48. The van der Waals surface area contributed by atoms with Crippen molar-refractivity contribution in [2.45, 2.75) is 43.7 Å². The molecule has 1 atom stereocenters. The zero-order chi connectivity index (χ0) is 14.2. The topological polar surface area (TPSA) is 12.0 Å². The maximum atomic E-state index is 6.08. The van der Waals surface area contributed by atoms with Crippen LogP contribution in [0, 0.1) is 0 Å². The van der Waals surface area contributed by atoms with Crippen molar-refractivity contribution in [2.75, 3.05) is 0 Å². The van der Waals surface area contributed by atoms with Gasteiger partial charge >= 0.3 is 0 Å². The second-order valence-electron chi connectivity index (χ2n) is 6.38. The Morgan fingerprint density at radius 2 is 1.86 bits per heavy atom. The maximum Gasteiger partial charge on any atom is 0.0408 e. The first-order valence-corrected chi connectivity index (χ1v) is 8.27. The van der Waals surface area contributed by atoms with Crippen LogP contribution in [-0.4, -0.2) is 6.04 Å². The Labute approximate surface area is 131 Å². The molecule has 1 nitrogen and oxygen atoms in total. The molecule has 0 radical (unpaired) electrons. The third-order valence-electron chi connectivity index (χ3n) is 5.03. The SMILES string of the molecule is Clc1cccc(C2CC(NC3CCc4ccccc43)C2)c1. The molecule has 108 valence electrons. The largest absolute Gasteiger partial charge is 0.307 e. The standard InChI is InChI=1S/C19H20ClN/c20-16-6-3-5-14(10-16)15-11-17(12-15)21-19-9-8-13-4-1-2-7-18(13)19/h1-7,10,15,17,19,21H,8-9,11-12H2. The van der Waals surface area contributed by atoms with Gasteiger partial charge in [-0.1, -0.05) is 48.0 Å². The minimum absolute atomic E-state index is 0.562. The molecule has 1 unspecified atom stereocenters. The molecule has 0 heterocycles. The zero-order valence-electron chi connectivity index (χ0n) is 12.1. The molecule has 0 spiro atoms. The van der Waals surface area contributed by atoms with Gasteiger partial charge in [0.2, 0.25) is 0 Å². The van der Waals surface area contributed by atoms with Gasteiger partial charge in [0.15, 0.2) is 0 Å². The summed E-state index contributed by atoms with van der Waals surface area (Å²) in [4.78, 5) is 0. The molecule has 0 aliphatic heterocycles. The van der Waals surface area contributed by atoms with Crippen molar-refractivity contribution in [2.24, 2.45) is 0 Å². The van der Waals surface area contributed by atoms with Gasteiger partial charge in [-0.25, -0.2) is 0 Å². The Morgan fingerprint density at radius 1 is 1.00 bits per heavy atom. The van der Waals surface area contributed by atoms with Crippen molar-refractivity contribution >= 4 is 11.6 Å². The number of benzene rings is 2. The molecule has 2 heteroatoms. The average molecular weight is 298 g/mol. The summed E-state index contributed by atoms with van der Waals surface area (Å²) in [7, 11) is 0. The van der Waals surface area contributed by atoms with Crippen LogP contribution in [0.5, 0.6) is 0 Å². The first-order valence-electron chi connectivity index (χ1n) is 7.89. The first-order chi connectivity index (χ1) is 10.3. The summed E-state index contributed by atoms with van der Waals surface area (Å²) in [6, 6.07) is 18.4. The molecule has 21 heavy (non-hydrogen) atoms. The van der Waals surface area contributed by atoms with E-state index in [9.17, 15) is 0 Å². The van der Waals surface area contributed by atoms with Gasteiger partial charge in [0.25, 0.3) is 0 Å². The lowest BCUT2D eigenvalue weighted by molar-refractivity contribution is 0.265. The Hall–Kier alpha value is -1.31. The van der Waals surface area contributed by atoms with Gasteiger partial charge in [-0.05, 0) is 60.4 Å². The van der Waals surface area contributed by atoms with E-state index in [-0.39, 0.29) is 0 Å². The summed E-state index contributed by atoms with van der Waals surface area (Å²) < 4.78 is 0. The van der Waals surface area contributed by atoms with E-state index in [1.54, 1.807) is 0 Å². The Morgan fingerprint density at radius 3 is 2.71 bits per heavy atom. The number of hydrogen-bond acceptors (Lipinski definition) is 1. The van der Waals surface area contributed by atoms with Crippen LogP contribution in [0.2, 0.25) is 5.02 Å². The molecule has 0 aromatic heterocycles. The molecule has 1 fully saturated rings. The van der Waals surface area contributed by atoms with Crippen molar-refractivity contribution in [3.05, 3.63) is 70.2 Å². The third-order valence-corrected chi connectivity index (χ3v) is 5.26. The van der Waals surface area contributed by atoms with Crippen molar-refractivity contribution in [3.8, 4) is 0 Å².